The van der Waals surface area contributed by atoms with Gasteiger partial charge in [0.1, 0.15) is 52.7 Å². The number of hydrogen-bond acceptors (Lipinski definition) is 4. The van der Waals surface area contributed by atoms with Crippen molar-refractivity contribution in [1.29, 1.82) is 0 Å². The Morgan fingerprint density at radius 1 is 0.444 bits per heavy atom. The SMILES string of the molecule is COC(=O)C(C(=O)OC)=C(C[n+]1ccc2ccccc2c1)C1CCCCC1.Fc1c(F)c(F)c([B-](c2c(F)c(F)c(F)c(F)c2F)(c2c(F)c(F)c(F)c(F)c2F)c2c(F)c(F)c(F)c(F)c2F)c(F)c1F. The number of benzene rings is 5. The van der Waals surface area contributed by atoms with Crippen molar-refractivity contribution in [2.24, 2.45) is 5.92 Å². The summed E-state index contributed by atoms with van der Waals surface area (Å²) in [5.41, 5.74) is -13.5. The van der Waals surface area contributed by atoms with Crippen molar-refractivity contribution < 1.29 is 111 Å². The highest BCUT2D eigenvalue weighted by atomic mass is 19.2. The minimum absolute atomic E-state index is 0.0487. The predicted molar refractivity (Wildman–Crippen MR) is 211 cm³/mol. The van der Waals surface area contributed by atoms with Gasteiger partial charge in [-0.25, -0.2) is 102 Å². The normalized spacial score (nSPS) is 13.0. The largest absolute Gasteiger partial charge is 0.465 e. The van der Waals surface area contributed by atoms with Crippen molar-refractivity contribution in [3.05, 3.63) is 170 Å². The van der Waals surface area contributed by atoms with E-state index in [2.05, 4.69) is 12.1 Å². The van der Waals surface area contributed by atoms with E-state index in [0.717, 1.165) is 42.0 Å². The fourth-order valence-electron chi connectivity index (χ4n) is 8.76. The molecular weight excluding hydrogens is 1020 g/mol. The van der Waals surface area contributed by atoms with Crippen LogP contribution in [0.15, 0.2) is 53.9 Å². The van der Waals surface area contributed by atoms with Crippen molar-refractivity contribution in [3.63, 3.8) is 0 Å². The van der Waals surface area contributed by atoms with E-state index >= 15 is 35.1 Å². The average Bonchev–Trinajstić information content (AvgIpc) is 3.38. The summed E-state index contributed by atoms with van der Waals surface area (Å²) in [6, 6.07) is 10.2. The molecule has 1 aliphatic carbocycles. The zero-order valence-corrected chi connectivity index (χ0v) is 36.1. The fraction of sp³-hybridized carbons (Fsp3) is 0.196. The molecule has 0 amide bonds. The Morgan fingerprint density at radius 2 is 0.736 bits per heavy atom. The number of aromatic nitrogens is 1. The summed E-state index contributed by atoms with van der Waals surface area (Å²) < 4.78 is 306. The number of nitrogens with zero attached hydrogens (tertiary/aromatic N) is 1. The molecule has 1 aromatic heterocycles. The second-order valence-corrected chi connectivity index (χ2v) is 15.8. The molecule has 0 spiro atoms. The van der Waals surface area contributed by atoms with E-state index in [9.17, 15) is 62.3 Å². The highest BCUT2D eigenvalue weighted by Gasteiger charge is 2.52. The molecule has 1 fully saturated rings. The number of hydrogen-bond donors (Lipinski definition) is 0. The lowest BCUT2D eigenvalue weighted by Crippen LogP contribution is -2.81. The summed E-state index contributed by atoms with van der Waals surface area (Å²) in [7, 11) is 2.60. The Labute approximate surface area is 390 Å². The summed E-state index contributed by atoms with van der Waals surface area (Å²) >= 11 is 0. The van der Waals surface area contributed by atoms with Gasteiger partial charge < -0.3 is 9.47 Å². The molecule has 1 heterocycles. The molecule has 72 heavy (non-hydrogen) atoms. The van der Waals surface area contributed by atoms with Gasteiger partial charge in [0.25, 0.3) is 0 Å². The smallest absolute Gasteiger partial charge is 0.345 e. The van der Waals surface area contributed by atoms with Gasteiger partial charge in [-0.1, -0.05) is 37.5 Å². The number of methoxy groups -OCH3 is 2. The minimum atomic E-state index is -7.22. The maximum absolute atomic E-state index is 15.4. The standard InChI is InChI=1S/C24BF20.C22H26NO4/c26-5-1(6(27)14(35)21(42)13(5)34)25(2-7(28)15(36)22(43)16(37)8(2)29,3-9(30)17(38)23(44)18(39)10(3)31)4-11(32)19(40)24(45)20(41)12(4)33;1-26-21(24)20(22(25)27-2)19(17-9-4-3-5-10-17)15-23-13-12-16-8-6-7-11-18(16)14-23/h;6-8,11-14,17H,3-5,9-10,15H2,1-2H3/q-1;+1. The van der Waals surface area contributed by atoms with Crippen LogP contribution in [0.3, 0.4) is 0 Å². The lowest BCUT2D eigenvalue weighted by molar-refractivity contribution is -0.688. The van der Waals surface area contributed by atoms with Crippen LogP contribution < -0.4 is 26.4 Å². The van der Waals surface area contributed by atoms with Crippen LogP contribution in [0, 0.1) is 122 Å². The van der Waals surface area contributed by atoms with Crippen molar-refractivity contribution in [2.45, 2.75) is 38.6 Å². The Kier molecular flexibility index (Phi) is 15.7. The molecule has 0 aliphatic heterocycles. The summed E-state index contributed by atoms with van der Waals surface area (Å²) in [6.07, 6.45) is 2.16. The molecule has 7 rings (SSSR count). The van der Waals surface area contributed by atoms with Crippen LogP contribution in [-0.4, -0.2) is 32.3 Å². The molecule has 0 bridgehead atoms. The monoisotopic (exact) mass is 1050 g/mol. The van der Waals surface area contributed by atoms with E-state index in [-0.39, 0.29) is 11.5 Å². The van der Waals surface area contributed by atoms with Crippen LogP contribution in [0.5, 0.6) is 0 Å². The number of carbonyl (C=O) groups excluding carboxylic acids is 2. The lowest BCUT2D eigenvalue weighted by Gasteiger charge is -2.44. The van der Waals surface area contributed by atoms with Crippen molar-refractivity contribution >= 4 is 50.7 Å². The highest BCUT2D eigenvalue weighted by molar-refractivity contribution is 7.20. The third-order valence-electron chi connectivity index (χ3n) is 12.0. The molecule has 6 aromatic rings. The minimum Gasteiger partial charge on any atom is -0.465 e. The van der Waals surface area contributed by atoms with Crippen LogP contribution in [-0.2, 0) is 25.6 Å². The predicted octanol–water partition coefficient (Wildman–Crippen LogP) is 9.20. The van der Waals surface area contributed by atoms with Gasteiger partial charge in [-0.05, 0) is 30.2 Å². The molecule has 0 radical (unpaired) electrons. The third kappa shape index (κ3) is 8.85. The van der Waals surface area contributed by atoms with Crippen molar-refractivity contribution in [1.82, 2.24) is 0 Å². The first-order valence-electron chi connectivity index (χ1n) is 20.3. The van der Waals surface area contributed by atoms with Crippen LogP contribution in [0.25, 0.3) is 10.8 Å². The number of esters is 2. The highest BCUT2D eigenvalue weighted by Crippen LogP contribution is 2.34. The number of allylic oxidation sites excluding steroid dienone is 1. The van der Waals surface area contributed by atoms with E-state index in [1.165, 1.54) is 20.6 Å². The Hall–Kier alpha value is -7.15. The zero-order valence-electron chi connectivity index (χ0n) is 36.1. The van der Waals surface area contributed by atoms with Gasteiger partial charge in [0.05, 0.1) is 14.2 Å². The van der Waals surface area contributed by atoms with Gasteiger partial charge in [-0.2, -0.15) is 0 Å². The molecular formula is C46H26BF20NO4. The molecule has 5 aromatic carbocycles. The molecule has 0 atom stereocenters. The average molecular weight is 1050 g/mol. The van der Waals surface area contributed by atoms with E-state index in [4.69, 9.17) is 9.47 Å². The summed E-state index contributed by atoms with van der Waals surface area (Å²) in [5.74, 6) is -72.5. The number of pyridine rings is 1. The Balaban J connectivity index is 0.000000266. The van der Waals surface area contributed by atoms with Gasteiger partial charge in [-0.15, -0.1) is 21.9 Å². The second kappa shape index (κ2) is 20.9. The number of fused-ring (bicyclic) bond motifs is 1. The van der Waals surface area contributed by atoms with E-state index < -0.39 is 156 Å². The molecule has 1 aliphatic rings. The van der Waals surface area contributed by atoms with Crippen molar-refractivity contribution in [2.75, 3.05) is 14.2 Å². The third-order valence-corrected chi connectivity index (χ3v) is 12.0. The summed E-state index contributed by atoms with van der Waals surface area (Å²) in [4.78, 5) is 24.8. The molecule has 0 unspecified atom stereocenters. The van der Waals surface area contributed by atoms with Crippen LogP contribution in [0.4, 0.5) is 87.8 Å². The topological polar surface area (TPSA) is 56.5 Å². The zero-order chi connectivity index (χ0) is 53.6. The maximum Gasteiger partial charge on any atom is 0.345 e. The van der Waals surface area contributed by atoms with Crippen LogP contribution in [0.2, 0.25) is 0 Å². The quantitative estimate of drug-likeness (QED) is 0.0167. The first-order chi connectivity index (χ1) is 33.8. The van der Waals surface area contributed by atoms with Crippen LogP contribution in [0.1, 0.15) is 32.1 Å². The number of carbonyl (C=O) groups is 2. The Morgan fingerprint density at radius 3 is 1.04 bits per heavy atom. The molecule has 382 valence electrons. The summed E-state index contributed by atoms with van der Waals surface area (Å²) in [5, 5.41) is 2.26. The molecule has 0 saturated heterocycles. The molecule has 26 heteroatoms. The van der Waals surface area contributed by atoms with Gasteiger partial charge >= 0.3 is 11.9 Å². The van der Waals surface area contributed by atoms with Gasteiger partial charge in [0.15, 0.2) is 94.3 Å². The van der Waals surface area contributed by atoms with E-state index in [0.29, 0.717) is 6.54 Å². The fourth-order valence-corrected chi connectivity index (χ4v) is 8.76. The van der Waals surface area contributed by atoms with Gasteiger partial charge in [0.2, 0.25) is 0 Å². The molecule has 1 saturated carbocycles. The lowest BCUT2D eigenvalue weighted by atomic mass is 9.12. The van der Waals surface area contributed by atoms with E-state index in [1.54, 1.807) is 0 Å². The second-order valence-electron chi connectivity index (χ2n) is 15.8. The van der Waals surface area contributed by atoms with Crippen molar-refractivity contribution in [3.8, 4) is 0 Å². The molecule has 0 N–H and O–H groups in total. The Bertz CT molecular complexity index is 2830. The van der Waals surface area contributed by atoms with Crippen LogP contribution >= 0.6 is 0 Å². The number of rotatable bonds is 9. The molecule has 5 nitrogen and oxygen atoms in total. The van der Waals surface area contributed by atoms with Gasteiger partial charge in [-0.3, -0.25) is 0 Å². The summed E-state index contributed by atoms with van der Waals surface area (Å²) in [6.45, 7) is 0.467. The number of ether oxygens (including phenoxy) is 2. The van der Waals surface area contributed by atoms with Gasteiger partial charge in [0, 0.05) is 17.0 Å². The van der Waals surface area contributed by atoms with E-state index in [1.807, 2.05) is 35.2 Å². The maximum atomic E-state index is 15.4. The first-order valence-corrected chi connectivity index (χ1v) is 20.3. The number of halogens is 20. The first kappa shape index (κ1) is 54.2.